The number of aromatic carboxylic acids is 1. The molecule has 0 saturated carbocycles. The average molecular weight is 218 g/mol. The first-order valence-electron chi connectivity index (χ1n) is 5.04. The van der Waals surface area contributed by atoms with E-state index < -0.39 is 5.97 Å². The highest BCUT2D eigenvalue weighted by atomic mass is 16.4. The normalized spacial score (nSPS) is 16.2. The summed E-state index contributed by atoms with van der Waals surface area (Å²) in [6.07, 6.45) is 1.71. The number of hydrogen-bond acceptors (Lipinski definition) is 4. The van der Waals surface area contributed by atoms with E-state index in [1.165, 1.54) is 6.07 Å². The Balaban J connectivity index is 2.15. The summed E-state index contributed by atoms with van der Waals surface area (Å²) >= 11 is 0. The van der Waals surface area contributed by atoms with Crippen LogP contribution >= 0.6 is 0 Å². The molecule has 6 heteroatoms. The zero-order valence-corrected chi connectivity index (χ0v) is 8.42. The highest BCUT2D eigenvalue weighted by Gasteiger charge is 2.22. The molecule has 3 heterocycles. The number of nitrogens with one attached hydrogen (secondary N) is 1. The number of rotatable bonds is 2. The van der Waals surface area contributed by atoms with Crippen molar-refractivity contribution in [1.82, 2.24) is 20.1 Å². The number of fused-ring (bicyclic) bond motifs is 1. The molecule has 0 unspecified atom stereocenters. The van der Waals surface area contributed by atoms with Crippen LogP contribution in [0.2, 0.25) is 0 Å². The zero-order chi connectivity index (χ0) is 11.1. The second kappa shape index (κ2) is 3.28. The van der Waals surface area contributed by atoms with Gasteiger partial charge in [0.05, 0.1) is 12.2 Å². The molecule has 0 aliphatic carbocycles. The van der Waals surface area contributed by atoms with Crippen molar-refractivity contribution < 1.29 is 9.90 Å². The van der Waals surface area contributed by atoms with Crippen molar-refractivity contribution in [2.45, 2.75) is 6.04 Å². The molecule has 2 N–H and O–H groups in total. The quantitative estimate of drug-likeness (QED) is 0.756. The van der Waals surface area contributed by atoms with Crippen molar-refractivity contribution in [2.24, 2.45) is 0 Å². The Hall–Kier alpha value is -1.95. The fraction of sp³-hybridized carbons (Fsp3) is 0.300. The summed E-state index contributed by atoms with van der Waals surface area (Å²) in [5.74, 6) is -1.01. The fourth-order valence-electron chi connectivity index (χ4n) is 1.76. The maximum atomic E-state index is 10.8. The highest BCUT2D eigenvalue weighted by Crippen LogP contribution is 2.18. The topological polar surface area (TPSA) is 80.0 Å². The summed E-state index contributed by atoms with van der Waals surface area (Å²) in [5, 5.41) is 17.1. The van der Waals surface area contributed by atoms with E-state index in [-0.39, 0.29) is 11.7 Å². The molecule has 2 aromatic rings. The smallest absolute Gasteiger partial charge is 0.354 e. The van der Waals surface area contributed by atoms with Gasteiger partial charge < -0.3 is 10.4 Å². The van der Waals surface area contributed by atoms with Crippen molar-refractivity contribution in [1.29, 1.82) is 0 Å². The Morgan fingerprint density at radius 1 is 1.50 bits per heavy atom. The van der Waals surface area contributed by atoms with Crippen LogP contribution in [0.3, 0.4) is 0 Å². The van der Waals surface area contributed by atoms with E-state index in [0.717, 1.165) is 18.5 Å². The molecule has 16 heavy (non-hydrogen) atoms. The van der Waals surface area contributed by atoms with Crippen molar-refractivity contribution in [2.75, 3.05) is 13.1 Å². The number of carbonyl (C=O) groups is 1. The van der Waals surface area contributed by atoms with Gasteiger partial charge in [-0.15, -0.1) is 0 Å². The number of hydrogen-bond donors (Lipinski definition) is 2. The van der Waals surface area contributed by atoms with E-state index in [0.29, 0.717) is 5.65 Å². The van der Waals surface area contributed by atoms with Crippen LogP contribution in [0.5, 0.6) is 0 Å². The van der Waals surface area contributed by atoms with Crippen molar-refractivity contribution in [3.8, 4) is 0 Å². The van der Waals surface area contributed by atoms with Gasteiger partial charge in [0.2, 0.25) is 0 Å². The lowest BCUT2D eigenvalue weighted by molar-refractivity contribution is 0.0691. The van der Waals surface area contributed by atoms with Crippen molar-refractivity contribution in [3.63, 3.8) is 0 Å². The van der Waals surface area contributed by atoms with Crippen molar-refractivity contribution in [3.05, 3.63) is 24.0 Å². The molecule has 0 atom stereocenters. The molecule has 0 amide bonds. The Morgan fingerprint density at radius 3 is 2.94 bits per heavy atom. The molecule has 0 aromatic carbocycles. The van der Waals surface area contributed by atoms with Gasteiger partial charge in [-0.05, 0) is 12.1 Å². The number of carboxylic acids is 1. The standard InChI is InChI=1S/C10H10N4O2/c15-10(16)8-2-1-6-3-12-14(9(6)13-8)7-4-11-5-7/h1-3,7,11H,4-5H2,(H,15,16). The Kier molecular flexibility index (Phi) is 1.90. The molecule has 1 aliphatic heterocycles. The highest BCUT2D eigenvalue weighted by molar-refractivity contribution is 5.88. The molecule has 3 rings (SSSR count). The molecular formula is C10H10N4O2. The van der Waals surface area contributed by atoms with Crippen LogP contribution in [0.25, 0.3) is 11.0 Å². The summed E-state index contributed by atoms with van der Waals surface area (Å²) in [4.78, 5) is 14.9. The van der Waals surface area contributed by atoms with Gasteiger partial charge in [-0.3, -0.25) is 0 Å². The minimum absolute atomic E-state index is 0.0570. The van der Waals surface area contributed by atoms with Gasteiger partial charge in [-0.1, -0.05) is 0 Å². The predicted octanol–water partition coefficient (Wildman–Crippen LogP) is 0.274. The first-order valence-corrected chi connectivity index (χ1v) is 5.04. The average Bonchev–Trinajstić information content (AvgIpc) is 2.59. The van der Waals surface area contributed by atoms with Crippen LogP contribution in [0.1, 0.15) is 16.5 Å². The van der Waals surface area contributed by atoms with Gasteiger partial charge in [0.25, 0.3) is 0 Å². The van der Waals surface area contributed by atoms with Gasteiger partial charge in [-0.25, -0.2) is 14.5 Å². The van der Waals surface area contributed by atoms with E-state index >= 15 is 0 Å². The number of aromatic nitrogens is 3. The summed E-state index contributed by atoms with van der Waals surface area (Å²) < 4.78 is 1.79. The maximum Gasteiger partial charge on any atom is 0.354 e. The minimum Gasteiger partial charge on any atom is -0.477 e. The molecule has 0 spiro atoms. The van der Waals surface area contributed by atoms with Gasteiger partial charge in [0.1, 0.15) is 0 Å². The van der Waals surface area contributed by atoms with Crippen LogP contribution in [0.15, 0.2) is 18.3 Å². The van der Waals surface area contributed by atoms with Gasteiger partial charge in [0.15, 0.2) is 11.3 Å². The number of carboxylic acid groups (broad SMARTS) is 1. The zero-order valence-electron chi connectivity index (χ0n) is 8.42. The lowest BCUT2D eigenvalue weighted by atomic mass is 10.2. The third kappa shape index (κ3) is 1.27. The first kappa shape index (κ1) is 9.29. The van der Waals surface area contributed by atoms with Gasteiger partial charge in [0, 0.05) is 18.5 Å². The van der Waals surface area contributed by atoms with Crippen LogP contribution in [-0.4, -0.2) is 38.9 Å². The van der Waals surface area contributed by atoms with Crippen LogP contribution < -0.4 is 5.32 Å². The molecule has 1 aliphatic rings. The lowest BCUT2D eigenvalue weighted by Gasteiger charge is -2.27. The SMILES string of the molecule is O=C(O)c1ccc2cnn(C3CNC3)c2n1. The Labute approximate surface area is 90.9 Å². The number of pyridine rings is 1. The van der Waals surface area contributed by atoms with Crippen molar-refractivity contribution >= 4 is 17.0 Å². The second-order valence-electron chi connectivity index (χ2n) is 3.82. The maximum absolute atomic E-state index is 10.8. The summed E-state index contributed by atoms with van der Waals surface area (Å²) in [6, 6.07) is 3.52. The van der Waals surface area contributed by atoms with E-state index in [2.05, 4.69) is 15.4 Å². The molecule has 82 valence electrons. The minimum atomic E-state index is -1.01. The monoisotopic (exact) mass is 218 g/mol. The molecule has 2 aromatic heterocycles. The van der Waals surface area contributed by atoms with E-state index in [1.54, 1.807) is 16.9 Å². The third-order valence-corrected chi connectivity index (χ3v) is 2.77. The van der Waals surface area contributed by atoms with E-state index in [9.17, 15) is 4.79 Å². The lowest BCUT2D eigenvalue weighted by Crippen LogP contribution is -2.43. The van der Waals surface area contributed by atoms with E-state index in [1.807, 2.05) is 0 Å². The molecular weight excluding hydrogens is 208 g/mol. The van der Waals surface area contributed by atoms with Gasteiger partial charge in [-0.2, -0.15) is 5.10 Å². The van der Waals surface area contributed by atoms with Crippen LogP contribution in [0.4, 0.5) is 0 Å². The second-order valence-corrected chi connectivity index (χ2v) is 3.82. The molecule has 1 fully saturated rings. The molecule has 6 nitrogen and oxygen atoms in total. The Morgan fingerprint density at radius 2 is 2.31 bits per heavy atom. The van der Waals surface area contributed by atoms with Crippen LogP contribution in [-0.2, 0) is 0 Å². The molecule has 1 saturated heterocycles. The summed E-state index contributed by atoms with van der Waals surface area (Å²) in [5.41, 5.74) is 0.702. The van der Waals surface area contributed by atoms with E-state index in [4.69, 9.17) is 5.11 Å². The fourth-order valence-corrected chi connectivity index (χ4v) is 1.76. The van der Waals surface area contributed by atoms with Crippen LogP contribution in [0, 0.1) is 0 Å². The molecule has 0 bridgehead atoms. The first-order chi connectivity index (χ1) is 7.75. The number of nitrogens with zero attached hydrogens (tertiary/aromatic N) is 3. The van der Waals surface area contributed by atoms with Gasteiger partial charge >= 0.3 is 5.97 Å². The third-order valence-electron chi connectivity index (χ3n) is 2.77. The summed E-state index contributed by atoms with van der Waals surface area (Å²) in [7, 11) is 0. The summed E-state index contributed by atoms with van der Waals surface area (Å²) in [6.45, 7) is 1.71. The largest absolute Gasteiger partial charge is 0.477 e. The molecule has 0 radical (unpaired) electrons. The predicted molar refractivity (Wildman–Crippen MR) is 56.4 cm³/mol. The Bertz CT molecular complexity index is 559.